The van der Waals surface area contributed by atoms with Crippen molar-refractivity contribution in [3.05, 3.63) is 11.9 Å². The number of aliphatic hydroxyl groups is 1. The normalized spacial score (nSPS) is 14.6. The Morgan fingerprint density at radius 3 is 2.72 bits per heavy atom. The van der Waals surface area contributed by atoms with Gasteiger partial charge in [-0.3, -0.25) is 0 Å². The maximum Gasteiger partial charge on any atom is 0.137 e. The summed E-state index contributed by atoms with van der Waals surface area (Å²) < 4.78 is 0. The van der Waals surface area contributed by atoms with Gasteiger partial charge in [-0.1, -0.05) is 6.92 Å². The molecule has 0 bridgehead atoms. The van der Waals surface area contributed by atoms with Crippen LogP contribution in [-0.4, -0.2) is 40.8 Å². The van der Waals surface area contributed by atoms with Crippen molar-refractivity contribution in [3.8, 4) is 0 Å². The van der Waals surface area contributed by atoms with Crippen LogP contribution in [0.1, 0.15) is 32.3 Å². The van der Waals surface area contributed by atoms with Crippen LogP contribution in [-0.2, 0) is 6.42 Å². The maximum absolute atomic E-state index is 9.21. The first-order valence-corrected chi connectivity index (χ1v) is 6.77. The number of anilines is 2. The van der Waals surface area contributed by atoms with Gasteiger partial charge in [0.05, 0.1) is 6.61 Å². The minimum absolute atomic E-state index is 0.167. The van der Waals surface area contributed by atoms with Gasteiger partial charge in [0, 0.05) is 24.7 Å². The summed E-state index contributed by atoms with van der Waals surface area (Å²) in [6.07, 6.45) is 4.90. The van der Waals surface area contributed by atoms with Crippen LogP contribution in [0.15, 0.2) is 6.33 Å². The molecule has 2 N–H and O–H groups in total. The molecular weight excluding hydrogens is 228 g/mol. The van der Waals surface area contributed by atoms with Crippen molar-refractivity contribution in [2.24, 2.45) is 0 Å². The van der Waals surface area contributed by atoms with E-state index in [2.05, 4.69) is 34.0 Å². The molecule has 0 radical (unpaired) electrons. The second-order valence-corrected chi connectivity index (χ2v) is 4.56. The van der Waals surface area contributed by atoms with E-state index in [1.54, 1.807) is 6.33 Å². The van der Waals surface area contributed by atoms with Crippen LogP contribution in [0.2, 0.25) is 0 Å². The van der Waals surface area contributed by atoms with Crippen molar-refractivity contribution in [1.82, 2.24) is 9.97 Å². The Morgan fingerprint density at radius 2 is 2.17 bits per heavy atom. The molecular formula is C13H22N4O. The molecule has 1 heterocycles. The minimum Gasteiger partial charge on any atom is -0.395 e. The topological polar surface area (TPSA) is 61.3 Å². The smallest absolute Gasteiger partial charge is 0.137 e. The maximum atomic E-state index is 9.21. The lowest BCUT2D eigenvalue weighted by atomic mass is 10.2. The lowest BCUT2D eigenvalue weighted by molar-refractivity contribution is 0.301. The fourth-order valence-electron chi connectivity index (χ4n) is 2.25. The molecule has 0 aromatic carbocycles. The van der Waals surface area contributed by atoms with E-state index in [0.717, 1.165) is 30.2 Å². The van der Waals surface area contributed by atoms with Crippen molar-refractivity contribution in [2.75, 3.05) is 29.9 Å². The molecule has 0 unspecified atom stereocenters. The molecule has 0 spiro atoms. The van der Waals surface area contributed by atoms with Gasteiger partial charge in [0.15, 0.2) is 0 Å². The molecule has 1 aliphatic carbocycles. The van der Waals surface area contributed by atoms with Gasteiger partial charge in [-0.15, -0.1) is 0 Å². The highest BCUT2D eigenvalue weighted by Gasteiger charge is 2.31. The SMILES string of the molecule is CCNc1ncnc(N(CCO)C2CC2)c1CC. The number of aromatic nitrogens is 2. The summed E-state index contributed by atoms with van der Waals surface area (Å²) in [7, 11) is 0. The van der Waals surface area contributed by atoms with Crippen LogP contribution in [0.3, 0.4) is 0 Å². The highest BCUT2D eigenvalue weighted by Crippen LogP contribution is 2.33. The largest absolute Gasteiger partial charge is 0.395 e. The van der Waals surface area contributed by atoms with Crippen LogP contribution in [0, 0.1) is 0 Å². The highest BCUT2D eigenvalue weighted by atomic mass is 16.3. The second-order valence-electron chi connectivity index (χ2n) is 4.56. The van der Waals surface area contributed by atoms with Gasteiger partial charge >= 0.3 is 0 Å². The first kappa shape index (κ1) is 13.1. The van der Waals surface area contributed by atoms with E-state index in [1.165, 1.54) is 12.8 Å². The number of rotatable bonds is 7. The summed E-state index contributed by atoms with van der Waals surface area (Å²) >= 11 is 0. The average Bonchev–Trinajstić information content (AvgIpc) is 3.20. The van der Waals surface area contributed by atoms with Crippen LogP contribution >= 0.6 is 0 Å². The lowest BCUT2D eigenvalue weighted by Gasteiger charge is -2.25. The quantitative estimate of drug-likeness (QED) is 0.766. The molecule has 1 saturated carbocycles. The molecule has 1 aromatic heterocycles. The molecule has 0 aliphatic heterocycles. The monoisotopic (exact) mass is 250 g/mol. The summed E-state index contributed by atoms with van der Waals surface area (Å²) in [4.78, 5) is 11.0. The fraction of sp³-hybridized carbons (Fsp3) is 0.692. The highest BCUT2D eigenvalue weighted by molar-refractivity contribution is 5.59. The molecule has 1 aliphatic rings. The number of aliphatic hydroxyl groups excluding tert-OH is 1. The third-order valence-corrected chi connectivity index (χ3v) is 3.22. The Balaban J connectivity index is 2.31. The van der Waals surface area contributed by atoms with Gasteiger partial charge in [0.2, 0.25) is 0 Å². The van der Waals surface area contributed by atoms with Crippen molar-refractivity contribution < 1.29 is 5.11 Å². The van der Waals surface area contributed by atoms with Crippen molar-refractivity contribution in [1.29, 1.82) is 0 Å². The second kappa shape index (κ2) is 6.00. The Labute approximate surface area is 108 Å². The first-order chi connectivity index (χ1) is 8.81. The third-order valence-electron chi connectivity index (χ3n) is 3.22. The van der Waals surface area contributed by atoms with Gasteiger partial charge in [-0.25, -0.2) is 9.97 Å². The molecule has 0 atom stereocenters. The molecule has 1 fully saturated rings. The van der Waals surface area contributed by atoms with E-state index in [1.807, 2.05) is 0 Å². The summed E-state index contributed by atoms with van der Waals surface area (Å²) in [5.74, 6) is 1.91. The zero-order valence-corrected chi connectivity index (χ0v) is 11.2. The van der Waals surface area contributed by atoms with Crippen molar-refractivity contribution >= 4 is 11.6 Å². The van der Waals surface area contributed by atoms with E-state index < -0.39 is 0 Å². The summed E-state index contributed by atoms with van der Waals surface area (Å²) in [5, 5.41) is 12.5. The Kier molecular flexibility index (Phi) is 4.36. The Morgan fingerprint density at radius 1 is 1.39 bits per heavy atom. The predicted octanol–water partition coefficient (Wildman–Crippen LogP) is 1.43. The molecule has 100 valence electrons. The number of nitrogens with one attached hydrogen (secondary N) is 1. The zero-order valence-electron chi connectivity index (χ0n) is 11.2. The van der Waals surface area contributed by atoms with Gasteiger partial charge < -0.3 is 15.3 Å². The van der Waals surface area contributed by atoms with Crippen molar-refractivity contribution in [3.63, 3.8) is 0 Å². The molecule has 0 amide bonds. The van der Waals surface area contributed by atoms with Gasteiger partial charge in [-0.2, -0.15) is 0 Å². The molecule has 5 heteroatoms. The Bertz CT molecular complexity index is 393. The summed E-state index contributed by atoms with van der Waals surface area (Å²) in [6.45, 7) is 5.86. The minimum atomic E-state index is 0.167. The van der Waals surface area contributed by atoms with E-state index >= 15 is 0 Å². The van der Waals surface area contributed by atoms with E-state index in [0.29, 0.717) is 12.6 Å². The molecule has 18 heavy (non-hydrogen) atoms. The van der Waals surface area contributed by atoms with Crippen LogP contribution in [0.25, 0.3) is 0 Å². The summed E-state index contributed by atoms with van der Waals surface area (Å²) in [6, 6.07) is 0.548. The molecule has 1 aromatic rings. The average molecular weight is 250 g/mol. The number of nitrogens with zero attached hydrogens (tertiary/aromatic N) is 3. The third kappa shape index (κ3) is 2.72. The van der Waals surface area contributed by atoms with Crippen molar-refractivity contribution in [2.45, 2.75) is 39.2 Å². The standard InChI is InChI=1S/C13H22N4O/c1-3-11-12(14-4-2)15-9-16-13(11)17(7-8-18)10-5-6-10/h9-10,18H,3-8H2,1-2H3,(H,14,15,16). The molecule has 0 saturated heterocycles. The predicted molar refractivity (Wildman–Crippen MR) is 73.0 cm³/mol. The van der Waals surface area contributed by atoms with E-state index in [-0.39, 0.29) is 6.61 Å². The van der Waals surface area contributed by atoms with E-state index in [4.69, 9.17) is 0 Å². The zero-order chi connectivity index (χ0) is 13.0. The van der Waals surface area contributed by atoms with Gasteiger partial charge in [-0.05, 0) is 26.2 Å². The first-order valence-electron chi connectivity index (χ1n) is 6.77. The summed E-state index contributed by atoms with van der Waals surface area (Å²) in [5.41, 5.74) is 1.15. The molecule has 5 nitrogen and oxygen atoms in total. The lowest BCUT2D eigenvalue weighted by Crippen LogP contribution is -2.31. The van der Waals surface area contributed by atoms with E-state index in [9.17, 15) is 5.11 Å². The van der Waals surface area contributed by atoms with Gasteiger partial charge in [0.25, 0.3) is 0 Å². The Hall–Kier alpha value is -1.36. The van der Waals surface area contributed by atoms with Crippen LogP contribution in [0.5, 0.6) is 0 Å². The number of hydrogen-bond acceptors (Lipinski definition) is 5. The number of hydrogen-bond donors (Lipinski definition) is 2. The van der Waals surface area contributed by atoms with Crippen LogP contribution in [0.4, 0.5) is 11.6 Å². The van der Waals surface area contributed by atoms with Gasteiger partial charge in [0.1, 0.15) is 18.0 Å². The fourth-order valence-corrected chi connectivity index (χ4v) is 2.25. The van der Waals surface area contributed by atoms with Crippen LogP contribution < -0.4 is 10.2 Å². The molecule has 2 rings (SSSR count).